The SMILES string of the molecule is COc1ccc2cc(-c3cc(N4C=CC=NC4)cc(C(C)(C)C)c3OC)ccc2c1. The Hall–Kier alpha value is -3.27. The molecule has 0 saturated heterocycles. The fraction of sp³-hybridized carbons (Fsp3) is 0.269. The number of fused-ring (bicyclic) bond motifs is 1. The summed E-state index contributed by atoms with van der Waals surface area (Å²) in [5, 5.41) is 2.32. The van der Waals surface area contributed by atoms with Gasteiger partial charge in [0.2, 0.25) is 0 Å². The number of anilines is 1. The van der Waals surface area contributed by atoms with Crippen LogP contribution in [0.4, 0.5) is 5.69 Å². The maximum atomic E-state index is 5.96. The molecule has 0 atom stereocenters. The molecule has 0 bridgehead atoms. The number of aliphatic imine (C=N–C) groups is 1. The van der Waals surface area contributed by atoms with E-state index < -0.39 is 0 Å². The number of ether oxygens (including phenoxy) is 2. The van der Waals surface area contributed by atoms with E-state index in [1.807, 2.05) is 18.4 Å². The van der Waals surface area contributed by atoms with Gasteiger partial charge in [-0.25, -0.2) is 0 Å². The van der Waals surface area contributed by atoms with Gasteiger partial charge in [0, 0.05) is 29.2 Å². The van der Waals surface area contributed by atoms with Crippen LogP contribution in [0.5, 0.6) is 11.5 Å². The highest BCUT2D eigenvalue weighted by molar-refractivity contribution is 5.90. The van der Waals surface area contributed by atoms with Crippen molar-refractivity contribution in [2.45, 2.75) is 26.2 Å². The minimum Gasteiger partial charge on any atom is -0.497 e. The zero-order valence-electron chi connectivity index (χ0n) is 18.3. The lowest BCUT2D eigenvalue weighted by atomic mass is 9.83. The Balaban J connectivity index is 1.92. The molecular weight excluding hydrogens is 372 g/mol. The van der Waals surface area contributed by atoms with Gasteiger partial charge in [-0.1, -0.05) is 39.0 Å². The number of benzene rings is 3. The van der Waals surface area contributed by atoms with Gasteiger partial charge >= 0.3 is 0 Å². The molecule has 0 N–H and O–H groups in total. The largest absolute Gasteiger partial charge is 0.497 e. The maximum absolute atomic E-state index is 5.96. The van der Waals surface area contributed by atoms with Gasteiger partial charge in [0.05, 0.1) is 14.2 Å². The predicted molar refractivity (Wildman–Crippen MR) is 126 cm³/mol. The van der Waals surface area contributed by atoms with E-state index in [0.29, 0.717) is 6.67 Å². The monoisotopic (exact) mass is 400 g/mol. The molecule has 4 heteroatoms. The van der Waals surface area contributed by atoms with Crippen LogP contribution in [0.15, 0.2) is 65.8 Å². The van der Waals surface area contributed by atoms with Crippen LogP contribution in [0.2, 0.25) is 0 Å². The van der Waals surface area contributed by atoms with Crippen LogP contribution < -0.4 is 14.4 Å². The molecule has 1 aliphatic heterocycles. The molecule has 30 heavy (non-hydrogen) atoms. The topological polar surface area (TPSA) is 34.1 Å². The van der Waals surface area contributed by atoms with E-state index >= 15 is 0 Å². The molecule has 0 radical (unpaired) electrons. The van der Waals surface area contributed by atoms with Crippen LogP contribution >= 0.6 is 0 Å². The molecule has 0 aromatic heterocycles. The molecule has 0 spiro atoms. The minimum atomic E-state index is -0.0664. The van der Waals surface area contributed by atoms with Crippen molar-refractivity contribution in [2.75, 3.05) is 25.8 Å². The highest BCUT2D eigenvalue weighted by atomic mass is 16.5. The molecule has 0 saturated carbocycles. The summed E-state index contributed by atoms with van der Waals surface area (Å²) in [6.07, 6.45) is 5.87. The Kier molecular flexibility index (Phi) is 5.25. The van der Waals surface area contributed by atoms with E-state index in [1.165, 1.54) is 10.9 Å². The molecule has 1 heterocycles. The van der Waals surface area contributed by atoms with E-state index in [2.05, 4.69) is 79.3 Å². The van der Waals surface area contributed by atoms with Crippen LogP contribution in [0.3, 0.4) is 0 Å². The van der Waals surface area contributed by atoms with Crippen molar-refractivity contribution in [3.63, 3.8) is 0 Å². The summed E-state index contributed by atoms with van der Waals surface area (Å²) in [5.74, 6) is 1.78. The molecule has 1 aliphatic rings. The average Bonchev–Trinajstić information content (AvgIpc) is 2.77. The number of hydrogen-bond donors (Lipinski definition) is 0. The minimum absolute atomic E-state index is 0.0664. The van der Waals surface area contributed by atoms with Gasteiger partial charge in [-0.05, 0) is 58.2 Å². The highest BCUT2D eigenvalue weighted by Gasteiger charge is 2.24. The number of nitrogens with zero attached hydrogens (tertiary/aromatic N) is 2. The first-order valence-corrected chi connectivity index (χ1v) is 10.1. The van der Waals surface area contributed by atoms with Crippen molar-refractivity contribution in [1.82, 2.24) is 0 Å². The van der Waals surface area contributed by atoms with Crippen LogP contribution in [-0.2, 0) is 5.41 Å². The van der Waals surface area contributed by atoms with Crippen LogP contribution in [0.25, 0.3) is 21.9 Å². The van der Waals surface area contributed by atoms with Gasteiger partial charge in [0.15, 0.2) is 0 Å². The predicted octanol–water partition coefficient (Wildman–Crippen LogP) is 6.18. The van der Waals surface area contributed by atoms with E-state index in [0.717, 1.165) is 33.7 Å². The van der Waals surface area contributed by atoms with Gasteiger partial charge in [-0.3, -0.25) is 4.99 Å². The van der Waals surface area contributed by atoms with E-state index in [4.69, 9.17) is 9.47 Å². The third kappa shape index (κ3) is 3.78. The van der Waals surface area contributed by atoms with E-state index in [-0.39, 0.29) is 5.41 Å². The van der Waals surface area contributed by atoms with Gasteiger partial charge in [0.25, 0.3) is 0 Å². The first kappa shape index (κ1) is 20.0. The number of allylic oxidation sites excluding steroid dienone is 1. The molecule has 3 aromatic carbocycles. The van der Waals surface area contributed by atoms with Gasteiger partial charge in [0.1, 0.15) is 18.2 Å². The van der Waals surface area contributed by atoms with Crippen molar-refractivity contribution in [2.24, 2.45) is 4.99 Å². The molecule has 0 unspecified atom stereocenters. The molecule has 0 aliphatic carbocycles. The standard InChI is InChI=1S/C26H28N2O2/c1-26(2,3)24-16-21(28-12-6-11-27-17-28)15-23(25(24)30-5)20-8-7-19-14-22(29-4)10-9-18(19)13-20/h6-16H,17H2,1-5H3. The number of rotatable bonds is 4. The molecule has 4 nitrogen and oxygen atoms in total. The Morgan fingerprint density at radius 3 is 2.33 bits per heavy atom. The van der Waals surface area contributed by atoms with Crippen LogP contribution in [0.1, 0.15) is 26.3 Å². The van der Waals surface area contributed by atoms with Crippen LogP contribution in [-0.4, -0.2) is 27.1 Å². The normalized spacial score (nSPS) is 13.7. The zero-order valence-corrected chi connectivity index (χ0v) is 18.3. The summed E-state index contributed by atoms with van der Waals surface area (Å²) in [4.78, 5) is 6.56. The van der Waals surface area contributed by atoms with Crippen molar-refractivity contribution >= 4 is 22.7 Å². The Bertz CT molecular complexity index is 1140. The van der Waals surface area contributed by atoms with Gasteiger partial charge in [-0.15, -0.1) is 0 Å². The summed E-state index contributed by atoms with van der Waals surface area (Å²) >= 11 is 0. The van der Waals surface area contributed by atoms with Gasteiger partial charge in [-0.2, -0.15) is 0 Å². The molecule has 0 amide bonds. The third-order valence-corrected chi connectivity index (χ3v) is 5.47. The zero-order chi connectivity index (χ0) is 21.3. The first-order valence-electron chi connectivity index (χ1n) is 10.1. The second-order valence-electron chi connectivity index (χ2n) is 8.54. The molecule has 0 fully saturated rings. The Morgan fingerprint density at radius 1 is 0.900 bits per heavy atom. The third-order valence-electron chi connectivity index (χ3n) is 5.47. The first-order chi connectivity index (χ1) is 14.4. The Morgan fingerprint density at radius 2 is 1.67 bits per heavy atom. The van der Waals surface area contributed by atoms with E-state index in [9.17, 15) is 0 Å². The molecule has 3 aromatic rings. The summed E-state index contributed by atoms with van der Waals surface area (Å²) in [5.41, 5.74) is 4.43. The molecular formula is C26H28N2O2. The van der Waals surface area contributed by atoms with Crippen molar-refractivity contribution in [3.05, 3.63) is 66.4 Å². The maximum Gasteiger partial charge on any atom is 0.130 e. The van der Waals surface area contributed by atoms with Crippen molar-refractivity contribution in [3.8, 4) is 22.6 Å². The highest BCUT2D eigenvalue weighted by Crippen LogP contribution is 2.43. The van der Waals surface area contributed by atoms with Crippen molar-refractivity contribution < 1.29 is 9.47 Å². The second kappa shape index (κ2) is 7.86. The summed E-state index contributed by atoms with van der Waals surface area (Å²) in [6, 6.07) is 17.1. The number of hydrogen-bond acceptors (Lipinski definition) is 4. The lowest BCUT2D eigenvalue weighted by Crippen LogP contribution is -2.20. The number of methoxy groups -OCH3 is 2. The second-order valence-corrected chi connectivity index (χ2v) is 8.54. The lowest BCUT2D eigenvalue weighted by Gasteiger charge is -2.28. The van der Waals surface area contributed by atoms with Crippen molar-refractivity contribution in [1.29, 1.82) is 0 Å². The van der Waals surface area contributed by atoms with Crippen LogP contribution in [0, 0.1) is 0 Å². The summed E-state index contributed by atoms with van der Waals surface area (Å²) < 4.78 is 11.3. The van der Waals surface area contributed by atoms with E-state index in [1.54, 1.807) is 14.2 Å². The quantitative estimate of drug-likeness (QED) is 0.524. The fourth-order valence-corrected chi connectivity index (χ4v) is 3.84. The summed E-state index contributed by atoms with van der Waals surface area (Å²) in [7, 11) is 3.45. The average molecular weight is 401 g/mol. The molecule has 154 valence electrons. The Labute approximate surface area is 178 Å². The van der Waals surface area contributed by atoms with Gasteiger partial charge < -0.3 is 14.4 Å². The lowest BCUT2D eigenvalue weighted by molar-refractivity contribution is 0.399. The summed E-state index contributed by atoms with van der Waals surface area (Å²) in [6.45, 7) is 7.27. The fourth-order valence-electron chi connectivity index (χ4n) is 3.84. The smallest absolute Gasteiger partial charge is 0.130 e. The molecule has 4 rings (SSSR count).